The van der Waals surface area contributed by atoms with Crippen LogP contribution in [-0.2, 0) is 0 Å². The zero-order valence-corrected chi connectivity index (χ0v) is 16.2. The fourth-order valence-electron chi connectivity index (χ4n) is 3.70. The summed E-state index contributed by atoms with van der Waals surface area (Å²) in [4.78, 5) is 14.1. The lowest BCUT2D eigenvalue weighted by molar-refractivity contribution is 0.101. The molecule has 5 heteroatoms. The average molecular weight is 369 g/mol. The van der Waals surface area contributed by atoms with Gasteiger partial charge in [0.05, 0.1) is 19.8 Å². The first kappa shape index (κ1) is 19.2. The predicted molar refractivity (Wildman–Crippen MR) is 105 cm³/mol. The van der Waals surface area contributed by atoms with Gasteiger partial charge in [-0.25, -0.2) is 0 Å². The van der Waals surface area contributed by atoms with Crippen LogP contribution in [0.15, 0.2) is 42.5 Å². The molecule has 0 aromatic heterocycles. The highest BCUT2D eigenvalue weighted by atomic mass is 16.5. The third kappa shape index (κ3) is 4.42. The fraction of sp³-hybridized carbons (Fsp3) is 0.409. The number of benzene rings is 2. The topological polar surface area (TPSA) is 48.0 Å². The molecule has 1 atom stereocenters. The van der Waals surface area contributed by atoms with Gasteiger partial charge in [0.2, 0.25) is 0 Å². The molecule has 0 unspecified atom stereocenters. The molecule has 1 heterocycles. The van der Waals surface area contributed by atoms with Crippen LogP contribution in [0, 0.1) is 0 Å². The number of methoxy groups -OCH3 is 2. The molecule has 144 valence electrons. The van der Waals surface area contributed by atoms with Gasteiger partial charge in [0.15, 0.2) is 5.78 Å². The lowest BCUT2D eigenvalue weighted by Crippen LogP contribution is -2.28. The Kier molecular flexibility index (Phi) is 6.35. The highest BCUT2D eigenvalue weighted by Crippen LogP contribution is 2.38. The normalized spacial score (nSPS) is 16.9. The van der Waals surface area contributed by atoms with E-state index in [2.05, 4.69) is 11.0 Å². The van der Waals surface area contributed by atoms with E-state index < -0.39 is 0 Å². The minimum atomic E-state index is 0.0209. The van der Waals surface area contributed by atoms with Crippen molar-refractivity contribution in [3.63, 3.8) is 0 Å². The lowest BCUT2D eigenvalue weighted by Gasteiger charge is -2.26. The minimum Gasteiger partial charge on any atom is -0.497 e. The molecule has 2 aromatic rings. The SMILES string of the molecule is COc1ccc([C@@H]2CCCN2CCOc2ccccc2C(C)=O)c(OC)c1. The molecule has 0 bridgehead atoms. The standard InChI is InChI=1S/C22H27NO4/c1-16(24)18-7-4-5-9-21(18)27-14-13-23-12-6-8-20(23)19-11-10-17(25-2)15-22(19)26-3/h4-5,7,9-11,15,20H,6,8,12-14H2,1-3H3/t20-/m0/s1. The van der Waals surface area contributed by atoms with Gasteiger partial charge in [-0.2, -0.15) is 0 Å². The Labute approximate surface area is 160 Å². The molecule has 0 saturated carbocycles. The number of nitrogens with zero attached hydrogens (tertiary/aromatic N) is 1. The van der Waals surface area contributed by atoms with Crippen LogP contribution in [0.3, 0.4) is 0 Å². The van der Waals surface area contributed by atoms with Crippen molar-refractivity contribution in [2.45, 2.75) is 25.8 Å². The maximum atomic E-state index is 11.7. The van der Waals surface area contributed by atoms with E-state index in [1.165, 1.54) is 5.56 Å². The number of hydrogen-bond donors (Lipinski definition) is 0. The molecule has 0 spiro atoms. The van der Waals surface area contributed by atoms with Gasteiger partial charge in [-0.1, -0.05) is 18.2 Å². The molecule has 1 aliphatic heterocycles. The summed E-state index contributed by atoms with van der Waals surface area (Å²) in [6.07, 6.45) is 2.23. The number of carbonyl (C=O) groups is 1. The number of ether oxygens (including phenoxy) is 3. The quantitative estimate of drug-likeness (QED) is 0.655. The zero-order chi connectivity index (χ0) is 19.2. The molecule has 1 fully saturated rings. The maximum Gasteiger partial charge on any atom is 0.163 e. The molecule has 5 nitrogen and oxygen atoms in total. The Hall–Kier alpha value is -2.53. The number of para-hydroxylation sites is 1. The van der Waals surface area contributed by atoms with Crippen molar-refractivity contribution in [2.75, 3.05) is 33.9 Å². The maximum absolute atomic E-state index is 11.7. The van der Waals surface area contributed by atoms with Crippen LogP contribution >= 0.6 is 0 Å². The van der Waals surface area contributed by atoms with Crippen molar-refractivity contribution >= 4 is 5.78 Å². The number of likely N-dealkylation sites (tertiary alicyclic amines) is 1. The summed E-state index contributed by atoms with van der Waals surface area (Å²) >= 11 is 0. The summed E-state index contributed by atoms with van der Waals surface area (Å²) < 4.78 is 16.8. The second kappa shape index (κ2) is 8.91. The second-order valence-electron chi connectivity index (χ2n) is 6.70. The first-order chi connectivity index (χ1) is 13.1. The summed E-state index contributed by atoms with van der Waals surface area (Å²) in [6.45, 7) is 3.93. The Bertz CT molecular complexity index is 790. The van der Waals surface area contributed by atoms with Gasteiger partial charge in [0.1, 0.15) is 23.9 Å². The molecule has 0 amide bonds. The second-order valence-corrected chi connectivity index (χ2v) is 6.70. The van der Waals surface area contributed by atoms with Crippen molar-refractivity contribution in [3.05, 3.63) is 53.6 Å². The third-order valence-electron chi connectivity index (χ3n) is 5.07. The fourth-order valence-corrected chi connectivity index (χ4v) is 3.70. The van der Waals surface area contributed by atoms with Gasteiger partial charge in [-0.05, 0) is 44.5 Å². The molecule has 0 N–H and O–H groups in total. The molecule has 27 heavy (non-hydrogen) atoms. The van der Waals surface area contributed by atoms with Gasteiger partial charge < -0.3 is 14.2 Å². The summed E-state index contributed by atoms with van der Waals surface area (Å²) in [5.41, 5.74) is 1.81. The van der Waals surface area contributed by atoms with Crippen molar-refractivity contribution in [2.24, 2.45) is 0 Å². The molecular formula is C22H27NO4. The monoisotopic (exact) mass is 369 g/mol. The number of hydrogen-bond acceptors (Lipinski definition) is 5. The number of Topliss-reactive ketones (excluding diaryl/α,β-unsaturated/α-hetero) is 1. The van der Waals surface area contributed by atoms with E-state index in [0.29, 0.717) is 24.0 Å². The molecule has 3 rings (SSSR count). The Morgan fingerprint density at radius 2 is 1.93 bits per heavy atom. The van der Waals surface area contributed by atoms with Crippen molar-refractivity contribution < 1.29 is 19.0 Å². The van der Waals surface area contributed by atoms with E-state index in [4.69, 9.17) is 14.2 Å². The van der Waals surface area contributed by atoms with E-state index in [1.807, 2.05) is 30.3 Å². The minimum absolute atomic E-state index is 0.0209. The van der Waals surface area contributed by atoms with Crippen molar-refractivity contribution in [3.8, 4) is 17.2 Å². The molecule has 2 aromatic carbocycles. The largest absolute Gasteiger partial charge is 0.497 e. The first-order valence-electron chi connectivity index (χ1n) is 9.32. The predicted octanol–water partition coefficient (Wildman–Crippen LogP) is 4.12. The van der Waals surface area contributed by atoms with Gasteiger partial charge in [0, 0.05) is 24.2 Å². The van der Waals surface area contributed by atoms with Crippen LogP contribution in [0.1, 0.15) is 41.7 Å². The Morgan fingerprint density at radius 3 is 2.67 bits per heavy atom. The summed E-state index contributed by atoms with van der Waals surface area (Å²) in [7, 11) is 3.35. The van der Waals surface area contributed by atoms with E-state index in [0.717, 1.165) is 37.4 Å². The van der Waals surface area contributed by atoms with E-state index >= 15 is 0 Å². The molecule has 0 radical (unpaired) electrons. The van der Waals surface area contributed by atoms with Crippen LogP contribution in [0.5, 0.6) is 17.2 Å². The Morgan fingerprint density at radius 1 is 1.11 bits per heavy atom. The van der Waals surface area contributed by atoms with Gasteiger partial charge >= 0.3 is 0 Å². The molecule has 1 saturated heterocycles. The zero-order valence-electron chi connectivity index (χ0n) is 16.2. The van der Waals surface area contributed by atoms with Crippen LogP contribution < -0.4 is 14.2 Å². The van der Waals surface area contributed by atoms with Crippen LogP contribution in [0.4, 0.5) is 0 Å². The molecular weight excluding hydrogens is 342 g/mol. The van der Waals surface area contributed by atoms with Crippen molar-refractivity contribution in [1.29, 1.82) is 0 Å². The highest BCUT2D eigenvalue weighted by molar-refractivity contribution is 5.96. The number of rotatable bonds is 8. The average Bonchev–Trinajstić information content (AvgIpc) is 3.16. The van der Waals surface area contributed by atoms with Crippen LogP contribution in [0.2, 0.25) is 0 Å². The highest BCUT2D eigenvalue weighted by Gasteiger charge is 2.28. The third-order valence-corrected chi connectivity index (χ3v) is 5.07. The van der Waals surface area contributed by atoms with E-state index in [-0.39, 0.29) is 5.78 Å². The lowest BCUT2D eigenvalue weighted by atomic mass is 10.0. The van der Waals surface area contributed by atoms with Crippen LogP contribution in [-0.4, -0.2) is 44.6 Å². The molecule has 1 aliphatic rings. The summed E-state index contributed by atoms with van der Waals surface area (Å²) in [5.74, 6) is 2.33. The van der Waals surface area contributed by atoms with Crippen molar-refractivity contribution in [1.82, 2.24) is 4.90 Å². The van der Waals surface area contributed by atoms with Gasteiger partial charge in [-0.3, -0.25) is 9.69 Å². The van der Waals surface area contributed by atoms with Crippen LogP contribution in [0.25, 0.3) is 0 Å². The number of carbonyl (C=O) groups excluding carboxylic acids is 1. The summed E-state index contributed by atoms with van der Waals surface area (Å²) in [5, 5.41) is 0. The smallest absolute Gasteiger partial charge is 0.163 e. The van der Waals surface area contributed by atoms with E-state index in [9.17, 15) is 4.79 Å². The Balaban J connectivity index is 1.67. The van der Waals surface area contributed by atoms with E-state index in [1.54, 1.807) is 27.2 Å². The molecule has 0 aliphatic carbocycles. The summed E-state index contributed by atoms with van der Waals surface area (Å²) in [6, 6.07) is 13.7. The number of ketones is 1. The van der Waals surface area contributed by atoms with Gasteiger partial charge in [-0.15, -0.1) is 0 Å². The van der Waals surface area contributed by atoms with Gasteiger partial charge in [0.25, 0.3) is 0 Å². The first-order valence-corrected chi connectivity index (χ1v) is 9.32.